The van der Waals surface area contributed by atoms with E-state index < -0.39 is 5.91 Å². The fourth-order valence-electron chi connectivity index (χ4n) is 1.66. The Morgan fingerprint density at radius 3 is 2.40 bits per heavy atom. The molecule has 0 atom stereocenters. The topological polar surface area (TPSA) is 73.3 Å². The van der Waals surface area contributed by atoms with Gasteiger partial charge in [0.05, 0.1) is 14.2 Å². The van der Waals surface area contributed by atoms with Gasteiger partial charge in [0.2, 0.25) is 0 Å². The maximum atomic E-state index is 12.3. The number of halogens is 1. The molecule has 1 aromatic heterocycles. The molecule has 2 rings (SSSR count). The molecule has 7 heteroatoms. The van der Waals surface area contributed by atoms with Gasteiger partial charge in [0.1, 0.15) is 34.4 Å². The van der Waals surface area contributed by atoms with Crippen LogP contribution in [0.5, 0.6) is 11.5 Å². The molecule has 0 unspecified atom stereocenters. The smallest absolute Gasteiger partial charge is 0.264 e. The second-order valence-electron chi connectivity index (χ2n) is 3.72. The summed E-state index contributed by atoms with van der Waals surface area (Å²) < 4.78 is 10.3. The average Bonchev–Trinajstić information content (AvgIpc) is 2.46. The van der Waals surface area contributed by atoms with Crippen molar-refractivity contribution >= 4 is 23.3 Å². The van der Waals surface area contributed by atoms with Crippen LogP contribution in [0.4, 0.5) is 5.82 Å². The minimum absolute atomic E-state index is 0.238. The Kier molecular flexibility index (Phi) is 4.37. The fraction of sp³-hybridized carbons (Fsp3) is 0.154. The van der Waals surface area contributed by atoms with Crippen LogP contribution in [0.1, 0.15) is 10.4 Å². The van der Waals surface area contributed by atoms with Crippen LogP contribution in [0.2, 0.25) is 5.15 Å². The van der Waals surface area contributed by atoms with E-state index in [1.165, 1.54) is 26.6 Å². The van der Waals surface area contributed by atoms with Crippen LogP contribution in [-0.2, 0) is 0 Å². The summed E-state index contributed by atoms with van der Waals surface area (Å²) in [6.45, 7) is 0. The second-order valence-corrected chi connectivity index (χ2v) is 4.10. The van der Waals surface area contributed by atoms with Gasteiger partial charge in [-0.05, 0) is 12.1 Å². The zero-order valence-electron chi connectivity index (χ0n) is 10.9. The summed E-state index contributed by atoms with van der Waals surface area (Å²) in [7, 11) is 2.96. The minimum Gasteiger partial charge on any atom is -0.496 e. The van der Waals surface area contributed by atoms with Crippen LogP contribution in [0.25, 0.3) is 0 Å². The van der Waals surface area contributed by atoms with Gasteiger partial charge in [-0.3, -0.25) is 4.79 Å². The van der Waals surface area contributed by atoms with E-state index in [4.69, 9.17) is 21.1 Å². The lowest BCUT2D eigenvalue weighted by Gasteiger charge is -2.12. The molecule has 1 aromatic carbocycles. The average molecular weight is 294 g/mol. The highest BCUT2D eigenvalue weighted by molar-refractivity contribution is 6.29. The van der Waals surface area contributed by atoms with E-state index in [-0.39, 0.29) is 10.7 Å². The van der Waals surface area contributed by atoms with E-state index in [2.05, 4.69) is 15.3 Å². The predicted molar refractivity (Wildman–Crippen MR) is 74.5 cm³/mol. The van der Waals surface area contributed by atoms with Gasteiger partial charge in [-0.15, -0.1) is 0 Å². The number of carbonyl (C=O) groups is 1. The highest BCUT2D eigenvalue weighted by Gasteiger charge is 2.18. The van der Waals surface area contributed by atoms with E-state index in [9.17, 15) is 4.79 Å². The van der Waals surface area contributed by atoms with Gasteiger partial charge >= 0.3 is 0 Å². The zero-order valence-corrected chi connectivity index (χ0v) is 11.6. The molecule has 0 bridgehead atoms. The van der Waals surface area contributed by atoms with Crippen LogP contribution in [0.3, 0.4) is 0 Å². The first-order valence-electron chi connectivity index (χ1n) is 5.65. The molecule has 2 aromatic rings. The number of nitrogens with one attached hydrogen (secondary N) is 1. The zero-order chi connectivity index (χ0) is 14.5. The summed E-state index contributed by atoms with van der Waals surface area (Å²) >= 11 is 5.74. The third kappa shape index (κ3) is 2.97. The molecular weight excluding hydrogens is 282 g/mol. The molecular formula is C13H12ClN3O3. The Labute approximate surface area is 120 Å². The van der Waals surface area contributed by atoms with Gasteiger partial charge in [0.15, 0.2) is 0 Å². The molecule has 0 saturated carbocycles. The molecule has 1 N–H and O–H groups in total. The van der Waals surface area contributed by atoms with Gasteiger partial charge < -0.3 is 14.8 Å². The number of methoxy groups -OCH3 is 2. The monoisotopic (exact) mass is 293 g/mol. The molecule has 20 heavy (non-hydrogen) atoms. The first-order valence-corrected chi connectivity index (χ1v) is 6.03. The van der Waals surface area contributed by atoms with Crippen molar-refractivity contribution in [3.05, 3.63) is 41.3 Å². The molecule has 0 aliphatic carbocycles. The highest BCUT2D eigenvalue weighted by atomic mass is 35.5. The summed E-state index contributed by atoms with van der Waals surface area (Å²) in [5.74, 6) is 0.695. The minimum atomic E-state index is -0.408. The van der Waals surface area contributed by atoms with Crippen molar-refractivity contribution < 1.29 is 14.3 Å². The molecule has 0 saturated heterocycles. The number of hydrogen-bond donors (Lipinski definition) is 1. The van der Waals surface area contributed by atoms with Gasteiger partial charge in [-0.25, -0.2) is 9.97 Å². The number of benzene rings is 1. The van der Waals surface area contributed by atoms with Crippen LogP contribution >= 0.6 is 11.6 Å². The van der Waals surface area contributed by atoms with Crippen molar-refractivity contribution in [1.82, 2.24) is 9.97 Å². The molecule has 0 fully saturated rings. The number of nitrogens with zero attached hydrogens (tertiary/aromatic N) is 2. The number of carbonyl (C=O) groups excluding carboxylic acids is 1. The number of hydrogen-bond acceptors (Lipinski definition) is 5. The standard InChI is InChI=1S/C13H12ClN3O3/c1-19-8-4-3-5-9(20-2)12(8)13(18)17-11-6-10(14)15-7-16-11/h3-7H,1-2H3,(H,15,16,17,18). The lowest BCUT2D eigenvalue weighted by atomic mass is 10.1. The number of ether oxygens (including phenoxy) is 2. The number of amides is 1. The first kappa shape index (κ1) is 14.1. The van der Waals surface area contributed by atoms with Crippen LogP contribution < -0.4 is 14.8 Å². The Morgan fingerprint density at radius 2 is 1.85 bits per heavy atom. The summed E-state index contributed by atoms with van der Waals surface area (Å²) in [6, 6.07) is 6.52. The van der Waals surface area contributed by atoms with E-state index in [1.54, 1.807) is 18.2 Å². The maximum Gasteiger partial charge on any atom is 0.264 e. The van der Waals surface area contributed by atoms with Crippen molar-refractivity contribution in [2.45, 2.75) is 0 Å². The highest BCUT2D eigenvalue weighted by Crippen LogP contribution is 2.28. The Bertz CT molecular complexity index is 612. The molecule has 0 radical (unpaired) electrons. The van der Waals surface area contributed by atoms with Crippen molar-refractivity contribution in [1.29, 1.82) is 0 Å². The molecule has 1 amide bonds. The number of rotatable bonds is 4. The van der Waals surface area contributed by atoms with E-state index in [1.807, 2.05) is 0 Å². The lowest BCUT2D eigenvalue weighted by molar-refractivity contribution is 0.102. The van der Waals surface area contributed by atoms with Gasteiger partial charge in [0.25, 0.3) is 5.91 Å². The number of aromatic nitrogens is 2. The van der Waals surface area contributed by atoms with Crippen LogP contribution in [0, 0.1) is 0 Å². The molecule has 0 spiro atoms. The summed E-state index contributed by atoms with van der Waals surface area (Å²) in [4.78, 5) is 20.0. The van der Waals surface area contributed by atoms with E-state index in [0.717, 1.165) is 0 Å². The lowest BCUT2D eigenvalue weighted by Crippen LogP contribution is -2.15. The van der Waals surface area contributed by atoms with Crippen molar-refractivity contribution in [3.63, 3.8) is 0 Å². The van der Waals surface area contributed by atoms with E-state index >= 15 is 0 Å². The Balaban J connectivity index is 2.33. The predicted octanol–water partition coefficient (Wildman–Crippen LogP) is 2.40. The third-order valence-electron chi connectivity index (χ3n) is 2.53. The van der Waals surface area contributed by atoms with Gasteiger partial charge in [-0.1, -0.05) is 17.7 Å². The largest absolute Gasteiger partial charge is 0.496 e. The molecule has 6 nitrogen and oxygen atoms in total. The quantitative estimate of drug-likeness (QED) is 0.876. The van der Waals surface area contributed by atoms with E-state index in [0.29, 0.717) is 17.3 Å². The third-order valence-corrected chi connectivity index (χ3v) is 2.74. The Morgan fingerprint density at radius 1 is 1.20 bits per heavy atom. The number of anilines is 1. The molecule has 0 aliphatic heterocycles. The Hall–Kier alpha value is -2.34. The summed E-state index contributed by atoms with van der Waals surface area (Å²) in [5.41, 5.74) is 0.284. The maximum absolute atomic E-state index is 12.3. The summed E-state index contributed by atoms with van der Waals surface area (Å²) in [6.07, 6.45) is 1.26. The first-order chi connectivity index (χ1) is 9.65. The van der Waals surface area contributed by atoms with Gasteiger partial charge in [0, 0.05) is 6.07 Å². The molecule has 104 valence electrons. The normalized spacial score (nSPS) is 9.95. The van der Waals surface area contributed by atoms with Crippen LogP contribution in [0.15, 0.2) is 30.6 Å². The van der Waals surface area contributed by atoms with Crippen molar-refractivity contribution in [2.75, 3.05) is 19.5 Å². The SMILES string of the molecule is COc1cccc(OC)c1C(=O)Nc1cc(Cl)ncn1. The fourth-order valence-corrected chi connectivity index (χ4v) is 1.80. The van der Waals surface area contributed by atoms with Crippen LogP contribution in [-0.4, -0.2) is 30.1 Å². The van der Waals surface area contributed by atoms with Gasteiger partial charge in [-0.2, -0.15) is 0 Å². The second kappa shape index (κ2) is 6.21. The van der Waals surface area contributed by atoms with Crippen molar-refractivity contribution in [3.8, 4) is 11.5 Å². The molecule has 0 aliphatic rings. The molecule has 1 heterocycles. The van der Waals surface area contributed by atoms with Crippen molar-refractivity contribution in [2.24, 2.45) is 0 Å². The summed E-state index contributed by atoms with van der Waals surface area (Å²) in [5, 5.41) is 2.85.